The van der Waals surface area contributed by atoms with E-state index in [9.17, 15) is 8.42 Å². The minimum absolute atomic E-state index is 0.000309. The number of nitrogens with zero attached hydrogens (tertiary/aromatic N) is 1. The molecule has 1 heterocycles. The number of aromatic nitrogens is 2. The number of nitrogens with two attached hydrogens (primary N) is 1. The predicted molar refractivity (Wildman–Crippen MR) is 68.4 cm³/mol. The van der Waals surface area contributed by atoms with Crippen LogP contribution in [0.25, 0.3) is 0 Å². The molecule has 7 heteroatoms. The Kier molecular flexibility index (Phi) is 3.35. The van der Waals surface area contributed by atoms with E-state index in [4.69, 9.17) is 5.14 Å². The summed E-state index contributed by atoms with van der Waals surface area (Å²) in [4.78, 5) is 7.23. The van der Waals surface area contributed by atoms with E-state index >= 15 is 0 Å². The van der Waals surface area contributed by atoms with E-state index in [1.165, 1.54) is 12.1 Å². The van der Waals surface area contributed by atoms with Crippen LogP contribution in [0.15, 0.2) is 41.6 Å². The van der Waals surface area contributed by atoms with Crippen LogP contribution in [0.5, 0.6) is 0 Å². The van der Waals surface area contributed by atoms with Gasteiger partial charge in [0.2, 0.25) is 10.0 Å². The maximum atomic E-state index is 11.1. The van der Waals surface area contributed by atoms with E-state index in [2.05, 4.69) is 15.3 Å². The summed E-state index contributed by atoms with van der Waals surface area (Å²) in [5.74, 6) is 0.811. The van der Waals surface area contributed by atoms with E-state index in [-0.39, 0.29) is 10.9 Å². The fourth-order valence-electron chi connectivity index (χ4n) is 1.57. The number of H-pyrrole nitrogens is 1. The molecular formula is C11H14N4O2S. The topological polar surface area (TPSA) is 101 Å². The standard InChI is InChI=1S/C11H14N4O2S/c1-8(11-13-6-7-14-11)15-9-2-4-10(5-3-9)18(12,16)17/h2-8,15H,1H3,(H,13,14)(H2,12,16,17). The van der Waals surface area contributed by atoms with Crippen molar-refractivity contribution in [1.82, 2.24) is 9.97 Å². The predicted octanol–water partition coefficient (Wildman–Crippen LogP) is 1.23. The maximum Gasteiger partial charge on any atom is 0.238 e. The Balaban J connectivity index is 2.12. The fraction of sp³-hybridized carbons (Fsp3) is 0.182. The smallest absolute Gasteiger partial charge is 0.238 e. The van der Waals surface area contributed by atoms with Crippen LogP contribution in [0.3, 0.4) is 0 Å². The Morgan fingerprint density at radius 2 is 2.00 bits per heavy atom. The van der Waals surface area contributed by atoms with E-state index in [0.29, 0.717) is 0 Å². The number of hydrogen-bond acceptors (Lipinski definition) is 4. The number of imidazole rings is 1. The van der Waals surface area contributed by atoms with Gasteiger partial charge in [0.25, 0.3) is 0 Å². The minimum Gasteiger partial charge on any atom is -0.375 e. The van der Waals surface area contributed by atoms with Crippen LogP contribution in [-0.2, 0) is 10.0 Å². The molecule has 0 bridgehead atoms. The molecule has 0 spiro atoms. The van der Waals surface area contributed by atoms with Crippen molar-refractivity contribution in [2.45, 2.75) is 17.9 Å². The van der Waals surface area contributed by atoms with Crippen LogP contribution in [0.4, 0.5) is 5.69 Å². The summed E-state index contributed by atoms with van der Waals surface area (Å²) in [7, 11) is -3.64. The molecule has 1 aromatic heterocycles. The Morgan fingerprint density at radius 1 is 1.33 bits per heavy atom. The van der Waals surface area contributed by atoms with Crippen LogP contribution in [0, 0.1) is 0 Å². The Bertz CT molecular complexity index is 605. The van der Waals surface area contributed by atoms with Gasteiger partial charge in [-0.25, -0.2) is 18.5 Å². The van der Waals surface area contributed by atoms with Gasteiger partial charge < -0.3 is 10.3 Å². The Hall–Kier alpha value is -1.86. The number of aromatic amines is 1. The largest absolute Gasteiger partial charge is 0.375 e. The third kappa shape index (κ3) is 2.88. The molecule has 0 amide bonds. The van der Waals surface area contributed by atoms with Crippen LogP contribution < -0.4 is 10.5 Å². The summed E-state index contributed by atoms with van der Waals surface area (Å²) in [6.45, 7) is 1.95. The Morgan fingerprint density at radius 3 is 2.50 bits per heavy atom. The molecular weight excluding hydrogens is 252 g/mol. The molecule has 6 nitrogen and oxygen atoms in total. The van der Waals surface area contributed by atoms with Gasteiger partial charge in [0.1, 0.15) is 5.82 Å². The first-order valence-corrected chi connectivity index (χ1v) is 6.90. The van der Waals surface area contributed by atoms with Crippen molar-refractivity contribution < 1.29 is 8.42 Å². The highest BCUT2D eigenvalue weighted by Gasteiger charge is 2.09. The molecule has 0 aliphatic heterocycles. The molecule has 18 heavy (non-hydrogen) atoms. The maximum absolute atomic E-state index is 11.1. The lowest BCUT2D eigenvalue weighted by Gasteiger charge is -2.13. The quantitative estimate of drug-likeness (QED) is 0.774. The molecule has 1 atom stereocenters. The third-order valence-electron chi connectivity index (χ3n) is 2.50. The van der Waals surface area contributed by atoms with Crippen molar-refractivity contribution in [2.24, 2.45) is 5.14 Å². The van der Waals surface area contributed by atoms with Gasteiger partial charge in [0.15, 0.2) is 0 Å². The molecule has 0 saturated heterocycles. The molecule has 2 rings (SSSR count). The van der Waals surface area contributed by atoms with Crippen molar-refractivity contribution in [2.75, 3.05) is 5.32 Å². The van der Waals surface area contributed by atoms with Crippen LogP contribution in [-0.4, -0.2) is 18.4 Å². The van der Waals surface area contributed by atoms with Gasteiger partial charge in [-0.15, -0.1) is 0 Å². The van der Waals surface area contributed by atoms with Gasteiger partial charge in [-0.3, -0.25) is 0 Å². The van der Waals surface area contributed by atoms with E-state index in [1.807, 2.05) is 6.92 Å². The Labute approximate surface area is 105 Å². The van der Waals surface area contributed by atoms with Gasteiger partial charge in [0, 0.05) is 18.1 Å². The first kappa shape index (κ1) is 12.6. The number of hydrogen-bond donors (Lipinski definition) is 3. The van der Waals surface area contributed by atoms with E-state index in [0.717, 1.165) is 11.5 Å². The second-order valence-corrected chi connectivity index (χ2v) is 5.47. The lowest BCUT2D eigenvalue weighted by atomic mass is 10.2. The fourth-order valence-corrected chi connectivity index (χ4v) is 2.09. The number of rotatable bonds is 4. The molecule has 1 unspecified atom stereocenters. The lowest BCUT2D eigenvalue weighted by molar-refractivity contribution is 0.598. The summed E-state index contributed by atoms with van der Waals surface area (Å²) >= 11 is 0. The zero-order chi connectivity index (χ0) is 13.2. The molecule has 0 radical (unpaired) electrons. The molecule has 4 N–H and O–H groups in total. The normalized spacial score (nSPS) is 13.2. The van der Waals surface area contributed by atoms with E-state index < -0.39 is 10.0 Å². The highest BCUT2D eigenvalue weighted by Crippen LogP contribution is 2.18. The number of anilines is 1. The van der Waals surface area contributed by atoms with Crippen LogP contribution in [0.2, 0.25) is 0 Å². The minimum atomic E-state index is -3.64. The van der Waals surface area contributed by atoms with Gasteiger partial charge in [-0.05, 0) is 31.2 Å². The lowest BCUT2D eigenvalue weighted by Crippen LogP contribution is -2.12. The SMILES string of the molecule is CC(Nc1ccc(S(N)(=O)=O)cc1)c1ncc[nH]1. The summed E-state index contributed by atoms with van der Waals surface area (Å²) in [6, 6.07) is 6.26. The zero-order valence-corrected chi connectivity index (χ0v) is 10.6. The summed E-state index contributed by atoms with van der Waals surface area (Å²) in [5.41, 5.74) is 0.798. The van der Waals surface area contributed by atoms with Crippen molar-refractivity contribution in [3.63, 3.8) is 0 Å². The van der Waals surface area contributed by atoms with Crippen molar-refractivity contribution in [3.8, 4) is 0 Å². The number of sulfonamides is 1. The van der Waals surface area contributed by atoms with Crippen LogP contribution in [0.1, 0.15) is 18.8 Å². The van der Waals surface area contributed by atoms with Gasteiger partial charge in [0.05, 0.1) is 10.9 Å². The molecule has 2 aromatic rings. The van der Waals surface area contributed by atoms with Crippen molar-refractivity contribution >= 4 is 15.7 Å². The zero-order valence-electron chi connectivity index (χ0n) is 9.79. The van der Waals surface area contributed by atoms with Gasteiger partial charge in [-0.1, -0.05) is 0 Å². The molecule has 0 fully saturated rings. The van der Waals surface area contributed by atoms with Crippen molar-refractivity contribution in [1.29, 1.82) is 0 Å². The first-order valence-electron chi connectivity index (χ1n) is 5.35. The van der Waals surface area contributed by atoms with Crippen molar-refractivity contribution in [3.05, 3.63) is 42.5 Å². The summed E-state index contributed by atoms with van der Waals surface area (Å²) in [5, 5.41) is 8.22. The molecule has 0 saturated carbocycles. The molecule has 1 aromatic carbocycles. The molecule has 0 aliphatic rings. The van der Waals surface area contributed by atoms with Crippen LogP contribution >= 0.6 is 0 Å². The second-order valence-electron chi connectivity index (χ2n) is 3.91. The monoisotopic (exact) mass is 266 g/mol. The highest BCUT2D eigenvalue weighted by molar-refractivity contribution is 7.89. The average Bonchev–Trinajstić information content (AvgIpc) is 2.82. The molecule has 0 aliphatic carbocycles. The highest BCUT2D eigenvalue weighted by atomic mass is 32.2. The third-order valence-corrected chi connectivity index (χ3v) is 3.42. The number of benzene rings is 1. The summed E-state index contributed by atoms with van der Waals surface area (Å²) < 4.78 is 22.2. The van der Waals surface area contributed by atoms with Gasteiger partial charge in [-0.2, -0.15) is 0 Å². The summed E-state index contributed by atoms with van der Waals surface area (Å²) in [6.07, 6.45) is 3.43. The number of primary sulfonamides is 1. The number of nitrogens with one attached hydrogen (secondary N) is 2. The van der Waals surface area contributed by atoms with Gasteiger partial charge >= 0.3 is 0 Å². The molecule has 96 valence electrons. The second kappa shape index (κ2) is 4.79. The first-order chi connectivity index (χ1) is 8.47. The average molecular weight is 266 g/mol. The van der Waals surface area contributed by atoms with E-state index in [1.54, 1.807) is 24.5 Å².